The molecule has 0 aliphatic carbocycles. The zero-order chi connectivity index (χ0) is 15.2. The van der Waals surface area contributed by atoms with Gasteiger partial charge in [0.1, 0.15) is 5.82 Å². The number of rotatable bonds is 2. The van der Waals surface area contributed by atoms with Crippen LogP contribution in [-0.4, -0.2) is 12.5 Å². The van der Waals surface area contributed by atoms with Gasteiger partial charge < -0.3 is 11.1 Å². The molecule has 0 radical (unpaired) electrons. The molecule has 5 heteroatoms. The number of carbonyl (C=O) groups excluding carboxylic acids is 1. The number of anilines is 1. The molecule has 21 heavy (non-hydrogen) atoms. The predicted octanol–water partition coefficient (Wildman–Crippen LogP) is 3.04. The summed E-state index contributed by atoms with van der Waals surface area (Å²) in [4.78, 5) is 12.0. The van der Waals surface area contributed by atoms with E-state index in [0.717, 1.165) is 5.56 Å². The summed E-state index contributed by atoms with van der Waals surface area (Å²) in [6, 6.07) is 10.8. The van der Waals surface area contributed by atoms with E-state index >= 15 is 0 Å². The van der Waals surface area contributed by atoms with Crippen LogP contribution in [0.2, 0.25) is 5.02 Å². The molecule has 3 N–H and O–H groups in total. The molecular weight excluding hydrogens is 291 g/mol. The molecule has 0 atom stereocenters. The highest BCUT2D eigenvalue weighted by Gasteiger charge is 2.07. The first-order valence-corrected chi connectivity index (χ1v) is 6.53. The van der Waals surface area contributed by atoms with Gasteiger partial charge in [-0.2, -0.15) is 0 Å². The monoisotopic (exact) mass is 302 g/mol. The summed E-state index contributed by atoms with van der Waals surface area (Å²) in [6.07, 6.45) is 0. The molecule has 1 amide bonds. The largest absolute Gasteiger partial charge is 0.322 e. The summed E-state index contributed by atoms with van der Waals surface area (Å²) in [5, 5.41) is 2.61. The van der Waals surface area contributed by atoms with Crippen molar-refractivity contribution in [3.8, 4) is 11.8 Å². The Morgan fingerprint density at radius 2 is 1.95 bits per heavy atom. The minimum atomic E-state index is -0.582. The molecule has 3 nitrogen and oxygen atoms in total. The Balaban J connectivity index is 2.11. The van der Waals surface area contributed by atoms with Gasteiger partial charge in [-0.3, -0.25) is 4.79 Å². The third-order valence-electron chi connectivity index (χ3n) is 2.66. The first-order valence-electron chi connectivity index (χ1n) is 6.15. The van der Waals surface area contributed by atoms with Gasteiger partial charge in [0.2, 0.25) is 0 Å². The molecule has 0 saturated carbocycles. The van der Waals surface area contributed by atoms with E-state index in [-0.39, 0.29) is 17.5 Å². The Kier molecular flexibility index (Phi) is 4.94. The van der Waals surface area contributed by atoms with Gasteiger partial charge in [0.25, 0.3) is 5.91 Å². The Morgan fingerprint density at radius 1 is 1.24 bits per heavy atom. The number of carbonyl (C=O) groups is 1. The summed E-state index contributed by atoms with van der Waals surface area (Å²) in [5.74, 6) is 4.67. The lowest BCUT2D eigenvalue weighted by atomic mass is 10.1. The topological polar surface area (TPSA) is 55.1 Å². The molecule has 0 aliphatic rings. The van der Waals surface area contributed by atoms with E-state index in [1.165, 1.54) is 18.2 Å². The van der Waals surface area contributed by atoms with E-state index < -0.39 is 5.82 Å². The molecular formula is C16H12ClFN2O. The average Bonchev–Trinajstić information content (AvgIpc) is 2.49. The van der Waals surface area contributed by atoms with Crippen molar-refractivity contribution in [3.63, 3.8) is 0 Å². The Morgan fingerprint density at radius 3 is 2.57 bits per heavy atom. The zero-order valence-corrected chi connectivity index (χ0v) is 11.7. The Hall–Kier alpha value is -2.35. The van der Waals surface area contributed by atoms with Crippen molar-refractivity contribution in [3.05, 3.63) is 64.4 Å². The zero-order valence-electron chi connectivity index (χ0n) is 11.0. The second-order valence-electron chi connectivity index (χ2n) is 4.17. The minimum Gasteiger partial charge on any atom is -0.322 e. The number of amides is 1. The van der Waals surface area contributed by atoms with Gasteiger partial charge in [-0.15, -0.1) is 0 Å². The Labute approximate surface area is 126 Å². The molecule has 0 aromatic heterocycles. The second kappa shape index (κ2) is 6.89. The Bertz CT molecular complexity index is 717. The molecule has 0 aliphatic heterocycles. The molecule has 0 fully saturated rings. The smallest absolute Gasteiger partial charge is 0.255 e. The van der Waals surface area contributed by atoms with Crippen LogP contribution in [0.15, 0.2) is 42.5 Å². The quantitative estimate of drug-likeness (QED) is 0.838. The molecule has 0 unspecified atom stereocenters. The van der Waals surface area contributed by atoms with Gasteiger partial charge in [-0.05, 0) is 42.5 Å². The molecule has 0 spiro atoms. The fourth-order valence-electron chi connectivity index (χ4n) is 1.64. The van der Waals surface area contributed by atoms with E-state index in [1.54, 1.807) is 24.3 Å². The molecule has 2 aromatic carbocycles. The van der Waals surface area contributed by atoms with Crippen molar-refractivity contribution in [1.29, 1.82) is 0 Å². The van der Waals surface area contributed by atoms with Crippen LogP contribution in [0.5, 0.6) is 0 Å². The van der Waals surface area contributed by atoms with Crippen LogP contribution in [0.25, 0.3) is 0 Å². The van der Waals surface area contributed by atoms with Gasteiger partial charge in [0, 0.05) is 16.8 Å². The van der Waals surface area contributed by atoms with E-state index in [2.05, 4.69) is 17.2 Å². The first-order chi connectivity index (χ1) is 10.1. The van der Waals surface area contributed by atoms with E-state index in [4.69, 9.17) is 17.3 Å². The lowest BCUT2D eigenvalue weighted by Crippen LogP contribution is -2.11. The number of halogens is 2. The molecule has 2 rings (SSSR count). The fourth-order valence-corrected chi connectivity index (χ4v) is 1.75. The van der Waals surface area contributed by atoms with Crippen molar-refractivity contribution in [2.45, 2.75) is 0 Å². The lowest BCUT2D eigenvalue weighted by Gasteiger charge is -2.06. The molecule has 106 valence electrons. The van der Waals surface area contributed by atoms with Gasteiger partial charge in [0.05, 0.1) is 11.6 Å². The molecule has 2 aromatic rings. The van der Waals surface area contributed by atoms with Crippen molar-refractivity contribution < 1.29 is 9.18 Å². The van der Waals surface area contributed by atoms with Crippen molar-refractivity contribution in [1.82, 2.24) is 0 Å². The summed E-state index contributed by atoms with van der Waals surface area (Å²) in [6.45, 7) is 0.282. The lowest BCUT2D eigenvalue weighted by molar-refractivity contribution is 0.102. The van der Waals surface area contributed by atoms with Crippen molar-refractivity contribution in [2.24, 2.45) is 5.73 Å². The van der Waals surface area contributed by atoms with Crippen LogP contribution in [0, 0.1) is 17.7 Å². The van der Waals surface area contributed by atoms with Crippen LogP contribution in [-0.2, 0) is 0 Å². The summed E-state index contributed by atoms with van der Waals surface area (Å²) in [7, 11) is 0. The minimum absolute atomic E-state index is 0.0100. The maximum atomic E-state index is 13.3. The van der Waals surface area contributed by atoms with E-state index in [9.17, 15) is 9.18 Å². The number of hydrogen-bond acceptors (Lipinski definition) is 2. The van der Waals surface area contributed by atoms with Crippen LogP contribution in [0.3, 0.4) is 0 Å². The highest BCUT2D eigenvalue weighted by molar-refractivity contribution is 6.30. The van der Waals surface area contributed by atoms with Crippen LogP contribution in [0.4, 0.5) is 10.1 Å². The van der Waals surface area contributed by atoms with Crippen molar-refractivity contribution >= 4 is 23.2 Å². The third kappa shape index (κ3) is 4.06. The van der Waals surface area contributed by atoms with Gasteiger partial charge in [-0.25, -0.2) is 4.39 Å². The number of benzene rings is 2. The van der Waals surface area contributed by atoms with Gasteiger partial charge in [0.15, 0.2) is 0 Å². The number of nitrogens with one attached hydrogen (secondary N) is 1. The van der Waals surface area contributed by atoms with Crippen LogP contribution < -0.4 is 11.1 Å². The van der Waals surface area contributed by atoms with E-state index in [0.29, 0.717) is 11.3 Å². The van der Waals surface area contributed by atoms with Crippen LogP contribution >= 0.6 is 11.6 Å². The predicted molar refractivity (Wildman–Crippen MR) is 81.7 cm³/mol. The highest BCUT2D eigenvalue weighted by Crippen LogP contribution is 2.19. The highest BCUT2D eigenvalue weighted by atomic mass is 35.5. The van der Waals surface area contributed by atoms with Gasteiger partial charge in [-0.1, -0.05) is 23.4 Å². The fraction of sp³-hybridized carbons (Fsp3) is 0.0625. The second-order valence-corrected chi connectivity index (χ2v) is 4.57. The summed E-state index contributed by atoms with van der Waals surface area (Å²) in [5.41, 5.74) is 6.85. The first kappa shape index (κ1) is 15.0. The molecule has 0 bridgehead atoms. The van der Waals surface area contributed by atoms with Gasteiger partial charge >= 0.3 is 0 Å². The SMILES string of the molecule is NCC#Cc1ccc(C(=O)Nc2ccc(Cl)c(F)c2)cc1. The molecule has 0 heterocycles. The van der Waals surface area contributed by atoms with Crippen LogP contribution in [0.1, 0.15) is 15.9 Å². The standard InChI is InChI=1S/C16H12ClFN2O/c17-14-8-7-13(10-15(14)18)20-16(21)12-5-3-11(4-6-12)2-1-9-19/h3-8,10H,9,19H2,(H,20,21). The maximum Gasteiger partial charge on any atom is 0.255 e. The summed E-state index contributed by atoms with van der Waals surface area (Å²) < 4.78 is 13.3. The van der Waals surface area contributed by atoms with Crippen molar-refractivity contribution in [2.75, 3.05) is 11.9 Å². The summed E-state index contributed by atoms with van der Waals surface area (Å²) >= 11 is 5.58. The molecule has 0 saturated heterocycles. The number of hydrogen-bond donors (Lipinski definition) is 2. The maximum absolute atomic E-state index is 13.3. The van der Waals surface area contributed by atoms with E-state index in [1.807, 2.05) is 0 Å². The third-order valence-corrected chi connectivity index (χ3v) is 2.97. The number of nitrogens with two attached hydrogens (primary N) is 1. The normalized spacial score (nSPS) is 9.67. The average molecular weight is 303 g/mol.